The summed E-state index contributed by atoms with van der Waals surface area (Å²) >= 11 is 0. The molecule has 0 spiro atoms. The molecule has 2 fully saturated rings. The third-order valence-corrected chi connectivity index (χ3v) is 5.17. The Morgan fingerprint density at radius 1 is 1.14 bits per heavy atom. The Morgan fingerprint density at radius 3 is 2.73 bits per heavy atom. The first-order chi connectivity index (χ1) is 10.7. The molecule has 4 nitrogen and oxygen atoms in total. The van der Waals surface area contributed by atoms with Crippen molar-refractivity contribution in [3.8, 4) is 0 Å². The minimum absolute atomic E-state index is 0.599. The van der Waals surface area contributed by atoms with Crippen molar-refractivity contribution in [2.24, 2.45) is 0 Å². The van der Waals surface area contributed by atoms with Crippen LogP contribution in [-0.4, -0.2) is 53.8 Å². The standard InChI is InChI=1S/C17H27BN2O2/c21-18(22)15-5-3-4-14(12-15)13-17-6-1-2-11-20(17)16-7-9-19-10-8-16/h3-5,12,16-17,19,21-22H,1-2,6-11,13H2. The van der Waals surface area contributed by atoms with Crippen molar-refractivity contribution in [2.45, 2.75) is 50.6 Å². The summed E-state index contributed by atoms with van der Waals surface area (Å²) in [6.07, 6.45) is 7.42. The lowest BCUT2D eigenvalue weighted by atomic mass is 9.79. The molecule has 0 amide bonds. The number of benzene rings is 1. The number of hydrogen-bond acceptors (Lipinski definition) is 4. The zero-order chi connectivity index (χ0) is 15.4. The van der Waals surface area contributed by atoms with Crippen molar-refractivity contribution < 1.29 is 10.0 Å². The Morgan fingerprint density at radius 2 is 1.95 bits per heavy atom. The van der Waals surface area contributed by atoms with Crippen molar-refractivity contribution in [3.05, 3.63) is 29.8 Å². The van der Waals surface area contributed by atoms with Crippen molar-refractivity contribution >= 4 is 12.6 Å². The van der Waals surface area contributed by atoms with Gasteiger partial charge in [0.05, 0.1) is 0 Å². The molecular formula is C17H27BN2O2. The molecular weight excluding hydrogens is 275 g/mol. The SMILES string of the molecule is OB(O)c1cccc(CC2CCCCN2C2CCNCC2)c1. The normalized spacial score (nSPS) is 24.4. The molecule has 120 valence electrons. The summed E-state index contributed by atoms with van der Waals surface area (Å²) in [4.78, 5) is 2.73. The predicted octanol–water partition coefficient (Wildman–Crippen LogP) is 0.515. The summed E-state index contributed by atoms with van der Waals surface area (Å²) in [5, 5.41) is 22.2. The Balaban J connectivity index is 1.69. The van der Waals surface area contributed by atoms with Gasteiger partial charge in [0.15, 0.2) is 0 Å². The van der Waals surface area contributed by atoms with Crippen LogP contribution in [0.1, 0.15) is 37.7 Å². The molecule has 0 aromatic heterocycles. The number of rotatable bonds is 4. The van der Waals surface area contributed by atoms with Crippen LogP contribution in [0.15, 0.2) is 24.3 Å². The van der Waals surface area contributed by atoms with Gasteiger partial charge in [0.1, 0.15) is 0 Å². The molecule has 0 saturated carbocycles. The molecule has 2 heterocycles. The Kier molecular flexibility index (Phi) is 5.53. The average Bonchev–Trinajstić information content (AvgIpc) is 2.56. The smallest absolute Gasteiger partial charge is 0.423 e. The van der Waals surface area contributed by atoms with E-state index in [9.17, 15) is 10.0 Å². The minimum atomic E-state index is -1.37. The fourth-order valence-electron chi connectivity index (χ4n) is 4.01. The third-order valence-electron chi connectivity index (χ3n) is 5.17. The number of nitrogens with one attached hydrogen (secondary N) is 1. The summed E-state index contributed by atoms with van der Waals surface area (Å²) in [5.41, 5.74) is 1.82. The molecule has 3 rings (SSSR count). The van der Waals surface area contributed by atoms with Crippen LogP contribution >= 0.6 is 0 Å². The maximum atomic E-state index is 9.35. The highest BCUT2D eigenvalue weighted by Gasteiger charge is 2.29. The van der Waals surface area contributed by atoms with Crippen molar-refractivity contribution in [3.63, 3.8) is 0 Å². The summed E-state index contributed by atoms with van der Waals surface area (Å²) in [6, 6.07) is 9.09. The van der Waals surface area contributed by atoms with E-state index in [0.717, 1.165) is 25.6 Å². The molecule has 22 heavy (non-hydrogen) atoms. The van der Waals surface area contributed by atoms with E-state index in [-0.39, 0.29) is 0 Å². The molecule has 1 aromatic carbocycles. The van der Waals surface area contributed by atoms with E-state index in [1.807, 2.05) is 12.1 Å². The van der Waals surface area contributed by atoms with Gasteiger partial charge < -0.3 is 15.4 Å². The molecule has 0 radical (unpaired) electrons. The van der Waals surface area contributed by atoms with Crippen LogP contribution in [0.4, 0.5) is 0 Å². The largest absolute Gasteiger partial charge is 0.488 e. The van der Waals surface area contributed by atoms with E-state index in [0.29, 0.717) is 11.5 Å². The molecule has 0 aliphatic carbocycles. The van der Waals surface area contributed by atoms with Crippen LogP contribution in [0.25, 0.3) is 0 Å². The fourth-order valence-corrected chi connectivity index (χ4v) is 4.01. The maximum absolute atomic E-state index is 9.35. The van der Waals surface area contributed by atoms with Crippen molar-refractivity contribution in [1.29, 1.82) is 0 Å². The first kappa shape index (κ1) is 16.0. The van der Waals surface area contributed by atoms with Gasteiger partial charge in [0.25, 0.3) is 0 Å². The zero-order valence-corrected chi connectivity index (χ0v) is 13.2. The molecule has 0 bridgehead atoms. The van der Waals surface area contributed by atoms with Crippen LogP contribution < -0.4 is 10.8 Å². The lowest BCUT2D eigenvalue weighted by Gasteiger charge is -2.43. The fraction of sp³-hybridized carbons (Fsp3) is 0.647. The summed E-state index contributed by atoms with van der Waals surface area (Å²) in [7, 11) is -1.37. The Hall–Kier alpha value is -0.875. The van der Waals surface area contributed by atoms with Crippen LogP contribution in [0.3, 0.4) is 0 Å². The Bertz CT molecular complexity index is 477. The van der Waals surface area contributed by atoms with Gasteiger partial charge in [0, 0.05) is 12.1 Å². The molecule has 1 aromatic rings. The van der Waals surface area contributed by atoms with E-state index >= 15 is 0 Å². The summed E-state index contributed by atoms with van der Waals surface area (Å²) in [5.74, 6) is 0. The molecule has 5 heteroatoms. The first-order valence-electron chi connectivity index (χ1n) is 8.65. The number of piperidine rings is 2. The Labute approximate surface area is 133 Å². The van der Waals surface area contributed by atoms with Crippen molar-refractivity contribution in [2.75, 3.05) is 19.6 Å². The van der Waals surface area contributed by atoms with Gasteiger partial charge >= 0.3 is 7.12 Å². The van der Waals surface area contributed by atoms with Crippen molar-refractivity contribution in [1.82, 2.24) is 10.2 Å². The van der Waals surface area contributed by atoms with Gasteiger partial charge in [-0.3, -0.25) is 4.90 Å². The summed E-state index contributed by atoms with van der Waals surface area (Å²) in [6.45, 7) is 3.50. The average molecular weight is 302 g/mol. The van der Waals surface area contributed by atoms with Crippen LogP contribution in [0.2, 0.25) is 0 Å². The van der Waals surface area contributed by atoms with Crippen LogP contribution in [0.5, 0.6) is 0 Å². The van der Waals surface area contributed by atoms with Gasteiger partial charge in [0.2, 0.25) is 0 Å². The van der Waals surface area contributed by atoms with Crippen LogP contribution in [0, 0.1) is 0 Å². The lowest BCUT2D eigenvalue weighted by molar-refractivity contribution is 0.0763. The number of likely N-dealkylation sites (tertiary alicyclic amines) is 1. The number of hydrogen-bond donors (Lipinski definition) is 3. The van der Waals surface area contributed by atoms with Gasteiger partial charge in [-0.05, 0) is 62.8 Å². The zero-order valence-electron chi connectivity index (χ0n) is 13.2. The van der Waals surface area contributed by atoms with Gasteiger partial charge in [-0.25, -0.2) is 0 Å². The topological polar surface area (TPSA) is 55.7 Å². The number of nitrogens with zero attached hydrogens (tertiary/aromatic N) is 1. The van der Waals surface area contributed by atoms with Gasteiger partial charge in [-0.15, -0.1) is 0 Å². The molecule has 2 aliphatic rings. The molecule has 2 saturated heterocycles. The first-order valence-corrected chi connectivity index (χ1v) is 8.65. The van der Waals surface area contributed by atoms with E-state index in [2.05, 4.69) is 16.3 Å². The maximum Gasteiger partial charge on any atom is 0.488 e. The minimum Gasteiger partial charge on any atom is -0.423 e. The van der Waals surface area contributed by atoms with E-state index in [1.54, 1.807) is 6.07 Å². The molecule has 3 N–H and O–H groups in total. The quantitative estimate of drug-likeness (QED) is 0.710. The second-order valence-electron chi connectivity index (χ2n) is 6.69. The predicted molar refractivity (Wildman–Crippen MR) is 90.2 cm³/mol. The highest BCUT2D eigenvalue weighted by molar-refractivity contribution is 6.58. The molecule has 2 aliphatic heterocycles. The monoisotopic (exact) mass is 302 g/mol. The van der Waals surface area contributed by atoms with E-state index in [1.165, 1.54) is 44.2 Å². The lowest BCUT2D eigenvalue weighted by Crippen LogP contribution is -2.51. The summed E-state index contributed by atoms with van der Waals surface area (Å²) < 4.78 is 0. The van der Waals surface area contributed by atoms with Crippen LogP contribution in [-0.2, 0) is 6.42 Å². The second kappa shape index (κ2) is 7.60. The second-order valence-corrected chi connectivity index (χ2v) is 6.69. The highest BCUT2D eigenvalue weighted by atomic mass is 16.4. The van der Waals surface area contributed by atoms with Gasteiger partial charge in [-0.1, -0.05) is 30.7 Å². The molecule has 1 atom stereocenters. The third kappa shape index (κ3) is 3.90. The van der Waals surface area contributed by atoms with Gasteiger partial charge in [-0.2, -0.15) is 0 Å². The van der Waals surface area contributed by atoms with E-state index in [4.69, 9.17) is 0 Å². The highest BCUT2D eigenvalue weighted by Crippen LogP contribution is 2.26. The molecule has 1 unspecified atom stereocenters. The van der Waals surface area contributed by atoms with E-state index < -0.39 is 7.12 Å².